The van der Waals surface area contributed by atoms with Crippen molar-refractivity contribution in [2.24, 2.45) is 11.8 Å². The molecule has 2 fully saturated rings. The van der Waals surface area contributed by atoms with Gasteiger partial charge in [-0.05, 0) is 55.7 Å². The van der Waals surface area contributed by atoms with E-state index in [9.17, 15) is 23.9 Å². The number of benzene rings is 1. The van der Waals surface area contributed by atoms with Gasteiger partial charge in [0.25, 0.3) is 11.5 Å². The third-order valence-corrected chi connectivity index (χ3v) is 7.22. The van der Waals surface area contributed by atoms with Crippen molar-refractivity contribution in [2.45, 2.75) is 50.7 Å². The standard InChI is InChI=1S/C24H27FN4O5/c25-17-3-1-14(2-4-17)11-26-21(32)18-19(30)22(33)29-12-15-5-8-24(9-6-15,23(29)27-18)28-20(31)16-7-10-34-13-16/h1-4,15-16,30H,5-13H2,(H,26,32)(H,28,31). The van der Waals surface area contributed by atoms with Crippen molar-refractivity contribution >= 4 is 11.8 Å². The van der Waals surface area contributed by atoms with Gasteiger partial charge in [-0.2, -0.15) is 0 Å². The molecule has 9 nitrogen and oxygen atoms in total. The second kappa shape index (κ2) is 8.83. The van der Waals surface area contributed by atoms with Gasteiger partial charge in [-0.3, -0.25) is 19.0 Å². The van der Waals surface area contributed by atoms with Crippen LogP contribution in [-0.2, 0) is 28.2 Å². The van der Waals surface area contributed by atoms with Crippen LogP contribution >= 0.6 is 0 Å². The molecule has 1 aromatic heterocycles. The fraction of sp³-hybridized carbons (Fsp3) is 0.500. The molecule has 4 aliphatic rings. The normalized spacial score (nSPS) is 25.4. The van der Waals surface area contributed by atoms with E-state index >= 15 is 0 Å². The topological polar surface area (TPSA) is 123 Å². The van der Waals surface area contributed by atoms with Gasteiger partial charge >= 0.3 is 0 Å². The summed E-state index contributed by atoms with van der Waals surface area (Å²) in [6.45, 7) is 1.35. The minimum Gasteiger partial charge on any atom is -0.501 e. The molecule has 1 atom stereocenters. The maximum Gasteiger partial charge on any atom is 0.296 e. The van der Waals surface area contributed by atoms with Crippen LogP contribution in [-0.4, -0.2) is 39.7 Å². The molecule has 180 valence electrons. The molecular weight excluding hydrogens is 443 g/mol. The Morgan fingerprint density at radius 1 is 1.21 bits per heavy atom. The SMILES string of the molecule is O=C(NCc1ccc(F)cc1)c1nc2n(c(=O)c1O)CC1CCC2(NC(=O)C2CCOC2)CC1. The Kier molecular flexibility index (Phi) is 5.85. The predicted octanol–water partition coefficient (Wildman–Crippen LogP) is 1.57. The van der Waals surface area contributed by atoms with E-state index < -0.39 is 22.8 Å². The number of hydrogen-bond donors (Lipinski definition) is 3. The van der Waals surface area contributed by atoms with Crippen molar-refractivity contribution in [1.29, 1.82) is 0 Å². The van der Waals surface area contributed by atoms with Crippen LogP contribution in [0.25, 0.3) is 0 Å². The maximum atomic E-state index is 13.1. The van der Waals surface area contributed by atoms with Gasteiger partial charge in [-0.25, -0.2) is 9.37 Å². The summed E-state index contributed by atoms with van der Waals surface area (Å²) in [5.41, 5.74) is -1.29. The highest BCUT2D eigenvalue weighted by atomic mass is 19.1. The Morgan fingerprint density at radius 3 is 2.62 bits per heavy atom. The monoisotopic (exact) mass is 470 g/mol. The molecule has 10 heteroatoms. The summed E-state index contributed by atoms with van der Waals surface area (Å²) in [7, 11) is 0. The number of hydrogen-bond acceptors (Lipinski definition) is 6. The van der Waals surface area contributed by atoms with Gasteiger partial charge in [0.15, 0.2) is 5.69 Å². The van der Waals surface area contributed by atoms with Crippen LogP contribution in [0.15, 0.2) is 29.1 Å². The lowest BCUT2D eigenvalue weighted by molar-refractivity contribution is -0.127. The number of amides is 2. The minimum absolute atomic E-state index is 0.0737. The molecule has 2 amide bonds. The van der Waals surface area contributed by atoms with Crippen LogP contribution in [0.5, 0.6) is 5.75 Å². The number of halogens is 1. The number of fused-ring (bicyclic) bond motifs is 2. The number of aromatic hydroxyl groups is 1. The van der Waals surface area contributed by atoms with E-state index in [1.807, 2.05) is 0 Å². The molecule has 1 aliphatic carbocycles. The molecule has 34 heavy (non-hydrogen) atoms. The average molecular weight is 471 g/mol. The highest BCUT2D eigenvalue weighted by Gasteiger charge is 2.46. The molecule has 3 N–H and O–H groups in total. The molecule has 1 saturated carbocycles. The van der Waals surface area contributed by atoms with Crippen molar-refractivity contribution in [1.82, 2.24) is 20.2 Å². The summed E-state index contributed by atoms with van der Waals surface area (Å²) >= 11 is 0. The van der Waals surface area contributed by atoms with Gasteiger partial charge < -0.3 is 20.5 Å². The van der Waals surface area contributed by atoms with Crippen molar-refractivity contribution in [3.8, 4) is 5.75 Å². The lowest BCUT2D eigenvalue weighted by Gasteiger charge is -2.37. The first-order valence-corrected chi connectivity index (χ1v) is 11.6. The van der Waals surface area contributed by atoms with Gasteiger partial charge in [0, 0.05) is 19.7 Å². The molecule has 6 rings (SSSR count). The fourth-order valence-corrected chi connectivity index (χ4v) is 5.20. The van der Waals surface area contributed by atoms with E-state index in [-0.39, 0.29) is 35.8 Å². The summed E-state index contributed by atoms with van der Waals surface area (Å²) in [5, 5.41) is 16.3. The number of carbonyl (C=O) groups is 2. The van der Waals surface area contributed by atoms with Gasteiger partial charge in [0.1, 0.15) is 11.6 Å². The van der Waals surface area contributed by atoms with Crippen LogP contribution in [0.2, 0.25) is 0 Å². The molecule has 2 aromatic rings. The number of aromatic nitrogens is 2. The zero-order valence-corrected chi connectivity index (χ0v) is 18.7. The summed E-state index contributed by atoms with van der Waals surface area (Å²) in [6, 6.07) is 5.63. The molecule has 4 heterocycles. The maximum absolute atomic E-state index is 13.1. The lowest BCUT2D eigenvalue weighted by Crippen LogP contribution is -2.51. The Bertz CT molecular complexity index is 1170. The highest BCUT2D eigenvalue weighted by Crippen LogP contribution is 2.43. The van der Waals surface area contributed by atoms with Gasteiger partial charge in [0.2, 0.25) is 11.7 Å². The summed E-state index contributed by atoms with van der Waals surface area (Å²) in [4.78, 5) is 43.5. The van der Waals surface area contributed by atoms with Crippen LogP contribution < -0.4 is 16.2 Å². The summed E-state index contributed by atoms with van der Waals surface area (Å²) in [5.74, 6) is -1.67. The smallest absolute Gasteiger partial charge is 0.296 e. The predicted molar refractivity (Wildman–Crippen MR) is 118 cm³/mol. The molecule has 1 aromatic carbocycles. The van der Waals surface area contributed by atoms with E-state index in [1.54, 1.807) is 0 Å². The second-order valence-corrected chi connectivity index (χ2v) is 9.43. The van der Waals surface area contributed by atoms with Crippen molar-refractivity contribution < 1.29 is 23.8 Å². The van der Waals surface area contributed by atoms with Gasteiger partial charge in [0.05, 0.1) is 18.1 Å². The van der Waals surface area contributed by atoms with E-state index in [4.69, 9.17) is 4.74 Å². The van der Waals surface area contributed by atoms with Crippen LogP contribution in [0.3, 0.4) is 0 Å². The van der Waals surface area contributed by atoms with Gasteiger partial charge in [-0.15, -0.1) is 0 Å². The number of ether oxygens (including phenoxy) is 1. The Morgan fingerprint density at radius 2 is 1.94 bits per heavy atom. The van der Waals surface area contributed by atoms with Crippen LogP contribution in [0.4, 0.5) is 4.39 Å². The molecule has 1 saturated heterocycles. The minimum atomic E-state index is -0.883. The van der Waals surface area contributed by atoms with Crippen molar-refractivity contribution in [3.05, 3.63) is 57.5 Å². The fourth-order valence-electron chi connectivity index (χ4n) is 5.20. The van der Waals surface area contributed by atoms with Crippen LogP contribution in [0, 0.1) is 17.7 Å². The molecule has 1 unspecified atom stereocenters. The zero-order valence-electron chi connectivity index (χ0n) is 18.7. The number of rotatable bonds is 5. The third-order valence-electron chi connectivity index (χ3n) is 7.22. The highest BCUT2D eigenvalue weighted by molar-refractivity contribution is 5.94. The first-order chi connectivity index (χ1) is 16.4. The Labute approximate surface area is 195 Å². The largest absolute Gasteiger partial charge is 0.501 e. The van der Waals surface area contributed by atoms with E-state index in [2.05, 4.69) is 15.6 Å². The molecule has 0 spiro atoms. The first-order valence-electron chi connectivity index (χ1n) is 11.6. The van der Waals surface area contributed by atoms with Crippen molar-refractivity contribution in [2.75, 3.05) is 13.2 Å². The third kappa shape index (κ3) is 4.06. The number of carbonyl (C=O) groups excluding carboxylic acids is 2. The zero-order chi connectivity index (χ0) is 23.9. The van der Waals surface area contributed by atoms with Crippen molar-refractivity contribution in [3.63, 3.8) is 0 Å². The second-order valence-electron chi connectivity index (χ2n) is 9.43. The number of nitrogens with zero attached hydrogens (tertiary/aromatic N) is 2. The Balaban J connectivity index is 1.47. The van der Waals surface area contributed by atoms with Gasteiger partial charge in [-0.1, -0.05) is 12.1 Å². The molecule has 3 aliphatic heterocycles. The van der Waals surface area contributed by atoms with E-state index in [1.165, 1.54) is 28.8 Å². The Hall–Kier alpha value is -3.27. The molecule has 2 bridgehead atoms. The average Bonchev–Trinajstić information content (AvgIpc) is 3.29. The van der Waals surface area contributed by atoms with E-state index in [0.29, 0.717) is 50.4 Å². The van der Waals surface area contributed by atoms with Crippen LogP contribution in [0.1, 0.15) is 54.0 Å². The number of nitrogens with one attached hydrogen (secondary N) is 2. The summed E-state index contributed by atoms with van der Waals surface area (Å²) < 4.78 is 19.9. The quantitative estimate of drug-likeness (QED) is 0.610. The first kappa shape index (κ1) is 22.5. The van der Waals surface area contributed by atoms with E-state index in [0.717, 1.165) is 12.8 Å². The summed E-state index contributed by atoms with van der Waals surface area (Å²) in [6.07, 6.45) is 3.45. The molecular formula is C24H27FN4O5. The lowest BCUT2D eigenvalue weighted by atomic mass is 9.77. The molecule has 0 radical (unpaired) electrons.